The van der Waals surface area contributed by atoms with Gasteiger partial charge in [0, 0.05) is 13.2 Å². The highest BCUT2D eigenvalue weighted by Gasteiger charge is 2.47. The van der Waals surface area contributed by atoms with Crippen molar-refractivity contribution in [2.75, 3.05) is 13.2 Å². The van der Waals surface area contributed by atoms with E-state index in [4.69, 9.17) is 8.85 Å². The molecule has 0 amide bonds. The molecule has 0 atom stereocenters. The number of hydrogen-bond donors (Lipinski definition) is 0. The third-order valence-corrected chi connectivity index (χ3v) is 17.5. The smallest absolute Gasteiger partial charge is 0.192 e. The van der Waals surface area contributed by atoms with E-state index in [0.29, 0.717) is 0 Å². The van der Waals surface area contributed by atoms with Gasteiger partial charge in [0.15, 0.2) is 16.6 Å². The molecule has 4 heteroatoms. The molecule has 0 N–H and O–H groups in total. The first-order valence-electron chi connectivity index (χ1n) is 12.5. The maximum atomic E-state index is 7.02. The topological polar surface area (TPSA) is 18.5 Å². The molecule has 0 saturated heterocycles. The molecule has 31 heavy (non-hydrogen) atoms. The summed E-state index contributed by atoms with van der Waals surface area (Å²) >= 11 is 0. The molecular weight excluding hydrogens is 412 g/mol. The van der Waals surface area contributed by atoms with E-state index in [1.165, 1.54) is 58.5 Å². The number of fused-ring (bicyclic) bond motifs is 3. The van der Waals surface area contributed by atoms with Crippen LogP contribution >= 0.6 is 0 Å². The van der Waals surface area contributed by atoms with Crippen LogP contribution < -0.4 is 0 Å². The van der Waals surface area contributed by atoms with Crippen LogP contribution in [0.5, 0.6) is 0 Å². The Bertz CT molecular complexity index is 768. The quantitative estimate of drug-likeness (QED) is 0.302. The number of benzene rings is 2. The summed E-state index contributed by atoms with van der Waals surface area (Å²) in [6.45, 7) is 15.4. The van der Waals surface area contributed by atoms with Crippen LogP contribution in [0.3, 0.4) is 0 Å². The van der Waals surface area contributed by atoms with Gasteiger partial charge in [-0.2, -0.15) is 0 Å². The van der Waals surface area contributed by atoms with Gasteiger partial charge in [-0.1, -0.05) is 90.1 Å². The second-order valence-corrected chi connectivity index (χ2v) is 18.8. The second-order valence-electron chi connectivity index (χ2n) is 9.24. The lowest BCUT2D eigenvalue weighted by atomic mass is 9.80. The average molecular weight is 455 g/mol. The van der Waals surface area contributed by atoms with Crippen molar-refractivity contribution < 1.29 is 8.85 Å². The van der Waals surface area contributed by atoms with Gasteiger partial charge in [-0.05, 0) is 58.5 Å². The molecule has 1 aliphatic carbocycles. The SMILES string of the molecule is CC[Si](CC)(CC)OCC1(CO[Si](CC)(CC)CC)c2ccccc2-c2ccccc21. The van der Waals surface area contributed by atoms with E-state index < -0.39 is 16.6 Å². The predicted octanol–water partition coefficient (Wildman–Crippen LogP) is 8.00. The summed E-state index contributed by atoms with van der Waals surface area (Å²) in [6.07, 6.45) is 0. The van der Waals surface area contributed by atoms with Crippen molar-refractivity contribution >= 4 is 16.6 Å². The Kier molecular flexibility index (Phi) is 8.01. The van der Waals surface area contributed by atoms with E-state index in [2.05, 4.69) is 90.1 Å². The first kappa shape index (κ1) is 24.4. The van der Waals surface area contributed by atoms with E-state index in [1.807, 2.05) is 0 Å². The fraction of sp³-hybridized carbons (Fsp3) is 0.556. The normalized spacial score (nSPS) is 15.0. The van der Waals surface area contributed by atoms with Crippen LogP contribution in [0, 0.1) is 0 Å². The Morgan fingerprint density at radius 3 is 1.19 bits per heavy atom. The minimum Gasteiger partial charge on any atom is -0.415 e. The lowest BCUT2D eigenvalue weighted by molar-refractivity contribution is 0.158. The summed E-state index contributed by atoms with van der Waals surface area (Å²) in [4.78, 5) is 0. The highest BCUT2D eigenvalue weighted by Crippen LogP contribution is 2.50. The largest absolute Gasteiger partial charge is 0.415 e. The Morgan fingerprint density at radius 1 is 0.548 bits per heavy atom. The predicted molar refractivity (Wildman–Crippen MR) is 139 cm³/mol. The van der Waals surface area contributed by atoms with Gasteiger partial charge in [0.05, 0.1) is 5.41 Å². The zero-order chi connectivity index (χ0) is 22.5. The van der Waals surface area contributed by atoms with E-state index >= 15 is 0 Å². The van der Waals surface area contributed by atoms with Gasteiger partial charge in [-0.25, -0.2) is 0 Å². The van der Waals surface area contributed by atoms with Gasteiger partial charge in [0.25, 0.3) is 0 Å². The number of rotatable bonds is 12. The van der Waals surface area contributed by atoms with Crippen LogP contribution in [0.4, 0.5) is 0 Å². The fourth-order valence-electron chi connectivity index (χ4n) is 5.43. The monoisotopic (exact) mass is 454 g/mol. The third-order valence-electron chi connectivity index (χ3n) is 8.29. The standard InChI is InChI=1S/C27H42O2Si2/c1-7-30(8-2,9-3)28-21-27(22-29-31(10-4,11-5)12-6)25-19-15-13-17-23(25)24-18-14-16-20-26(24)27/h13-20H,7-12,21-22H2,1-6H3. The Hall–Kier alpha value is -1.21. The molecule has 0 aliphatic heterocycles. The van der Waals surface area contributed by atoms with Crippen LogP contribution in [-0.4, -0.2) is 29.8 Å². The van der Waals surface area contributed by atoms with E-state index in [-0.39, 0.29) is 5.41 Å². The van der Waals surface area contributed by atoms with Crippen LogP contribution in [0.25, 0.3) is 11.1 Å². The molecule has 1 aliphatic rings. The first-order valence-corrected chi connectivity index (χ1v) is 17.5. The minimum atomic E-state index is -1.72. The molecule has 2 aromatic carbocycles. The van der Waals surface area contributed by atoms with Crippen molar-refractivity contribution in [3.8, 4) is 11.1 Å². The Morgan fingerprint density at radius 2 is 0.871 bits per heavy atom. The molecule has 2 aromatic rings. The molecule has 2 nitrogen and oxygen atoms in total. The minimum absolute atomic E-state index is 0.206. The number of hydrogen-bond acceptors (Lipinski definition) is 2. The average Bonchev–Trinajstić information content (AvgIpc) is 3.12. The highest BCUT2D eigenvalue weighted by molar-refractivity contribution is 6.74. The van der Waals surface area contributed by atoms with Gasteiger partial charge in [-0.15, -0.1) is 0 Å². The van der Waals surface area contributed by atoms with Gasteiger partial charge in [0.2, 0.25) is 0 Å². The second kappa shape index (κ2) is 10.2. The summed E-state index contributed by atoms with van der Waals surface area (Å²) < 4.78 is 14.0. The lowest BCUT2D eigenvalue weighted by Crippen LogP contribution is -2.47. The van der Waals surface area contributed by atoms with E-state index in [9.17, 15) is 0 Å². The molecule has 3 rings (SSSR count). The van der Waals surface area contributed by atoms with Crippen LogP contribution in [0.2, 0.25) is 36.3 Å². The molecule has 170 valence electrons. The molecule has 0 aromatic heterocycles. The molecule has 0 fully saturated rings. The van der Waals surface area contributed by atoms with Crippen LogP contribution in [0.1, 0.15) is 52.7 Å². The molecule has 0 unspecified atom stereocenters. The van der Waals surface area contributed by atoms with Crippen LogP contribution in [0.15, 0.2) is 48.5 Å². The molecular formula is C27H42O2Si2. The summed E-state index contributed by atoms with van der Waals surface area (Å²) in [5.41, 5.74) is 5.31. The molecule has 0 spiro atoms. The van der Waals surface area contributed by atoms with E-state index in [0.717, 1.165) is 13.2 Å². The summed E-state index contributed by atoms with van der Waals surface area (Å²) in [5.74, 6) is 0. The first-order chi connectivity index (χ1) is 15.0. The van der Waals surface area contributed by atoms with Gasteiger partial charge in [-0.3, -0.25) is 0 Å². The maximum Gasteiger partial charge on any atom is 0.192 e. The fourth-order valence-corrected chi connectivity index (χ4v) is 10.8. The maximum absolute atomic E-state index is 7.02. The van der Waals surface area contributed by atoms with Crippen molar-refractivity contribution in [3.05, 3.63) is 59.7 Å². The zero-order valence-corrected chi connectivity index (χ0v) is 22.6. The van der Waals surface area contributed by atoms with Crippen molar-refractivity contribution in [1.82, 2.24) is 0 Å². The highest BCUT2D eigenvalue weighted by atomic mass is 28.4. The van der Waals surface area contributed by atoms with Crippen molar-refractivity contribution in [3.63, 3.8) is 0 Å². The van der Waals surface area contributed by atoms with Gasteiger partial charge < -0.3 is 8.85 Å². The van der Waals surface area contributed by atoms with Gasteiger partial charge >= 0.3 is 0 Å². The third kappa shape index (κ3) is 4.37. The molecule has 0 radical (unpaired) electrons. The Labute approximate surface area is 192 Å². The molecule has 0 bridgehead atoms. The summed E-state index contributed by atoms with van der Waals surface area (Å²) in [7, 11) is -3.44. The van der Waals surface area contributed by atoms with Crippen molar-refractivity contribution in [1.29, 1.82) is 0 Å². The zero-order valence-electron chi connectivity index (χ0n) is 20.6. The van der Waals surface area contributed by atoms with Crippen molar-refractivity contribution in [2.45, 2.75) is 83.2 Å². The molecule has 0 heterocycles. The van der Waals surface area contributed by atoms with Gasteiger partial charge in [0.1, 0.15) is 0 Å². The summed E-state index contributed by atoms with van der Waals surface area (Å²) in [5, 5.41) is 0. The molecule has 0 saturated carbocycles. The van der Waals surface area contributed by atoms with Crippen LogP contribution in [-0.2, 0) is 14.3 Å². The van der Waals surface area contributed by atoms with Crippen molar-refractivity contribution in [2.24, 2.45) is 0 Å². The Balaban J connectivity index is 2.09. The summed E-state index contributed by atoms with van der Waals surface area (Å²) in [6, 6.07) is 25.0. The lowest BCUT2D eigenvalue weighted by Gasteiger charge is -2.40. The van der Waals surface area contributed by atoms with E-state index in [1.54, 1.807) is 0 Å².